The Bertz CT molecular complexity index is 439. The summed E-state index contributed by atoms with van der Waals surface area (Å²) in [7, 11) is 0. The van der Waals surface area contributed by atoms with Crippen molar-refractivity contribution in [3.8, 4) is 0 Å². The van der Waals surface area contributed by atoms with E-state index in [4.69, 9.17) is 5.11 Å². The molecule has 2 rings (SSSR count). The molecule has 1 aromatic carbocycles. The molecule has 0 amide bonds. The van der Waals surface area contributed by atoms with Gasteiger partial charge in [0.15, 0.2) is 0 Å². The van der Waals surface area contributed by atoms with Gasteiger partial charge in [-0.1, -0.05) is 52.0 Å². The fourth-order valence-electron chi connectivity index (χ4n) is 2.39. The van der Waals surface area contributed by atoms with Gasteiger partial charge in [0.2, 0.25) is 0 Å². The molecule has 2 heteroatoms. The molecular weight excluding hydrogens is 212 g/mol. The lowest BCUT2D eigenvalue weighted by Gasteiger charge is -2.20. The minimum atomic E-state index is -0.674. The first kappa shape index (κ1) is 12.2. The van der Waals surface area contributed by atoms with Crippen molar-refractivity contribution in [1.82, 2.24) is 0 Å². The third-order valence-electron chi connectivity index (χ3n) is 3.95. The molecule has 0 aliphatic heterocycles. The molecule has 1 aliphatic carbocycles. The second-order valence-electron chi connectivity index (χ2n) is 6.34. The quantitative estimate of drug-likeness (QED) is 0.849. The van der Waals surface area contributed by atoms with Crippen molar-refractivity contribution in [2.75, 3.05) is 0 Å². The van der Waals surface area contributed by atoms with E-state index < -0.39 is 5.97 Å². The van der Waals surface area contributed by atoms with Crippen LogP contribution in [0.15, 0.2) is 24.3 Å². The summed E-state index contributed by atoms with van der Waals surface area (Å²) in [5.41, 5.74) is 2.44. The van der Waals surface area contributed by atoms with Crippen LogP contribution < -0.4 is 0 Å². The summed E-state index contributed by atoms with van der Waals surface area (Å²) in [4.78, 5) is 11.0. The lowest BCUT2D eigenvalue weighted by atomic mass is 9.85. The second kappa shape index (κ2) is 3.59. The van der Waals surface area contributed by atoms with Crippen molar-refractivity contribution in [3.05, 3.63) is 35.4 Å². The number of rotatable bonds is 2. The van der Waals surface area contributed by atoms with Crippen molar-refractivity contribution in [2.45, 2.75) is 44.9 Å². The van der Waals surface area contributed by atoms with Crippen molar-refractivity contribution in [1.29, 1.82) is 0 Å². The lowest BCUT2D eigenvalue weighted by Crippen LogP contribution is -2.13. The molecule has 2 unspecified atom stereocenters. The van der Waals surface area contributed by atoms with Gasteiger partial charge in [-0.25, -0.2) is 0 Å². The lowest BCUT2D eigenvalue weighted by molar-refractivity contribution is -0.138. The van der Waals surface area contributed by atoms with E-state index in [1.807, 2.05) is 6.92 Å². The maximum atomic E-state index is 11.0. The third kappa shape index (κ3) is 2.08. The summed E-state index contributed by atoms with van der Waals surface area (Å²) in [6, 6.07) is 8.42. The number of hydrogen-bond donors (Lipinski definition) is 1. The first-order valence-corrected chi connectivity index (χ1v) is 6.09. The molecule has 0 bridgehead atoms. The molecule has 2 atom stereocenters. The van der Waals surface area contributed by atoms with Gasteiger partial charge in [0.05, 0.1) is 5.92 Å². The Morgan fingerprint density at radius 1 is 1.29 bits per heavy atom. The van der Waals surface area contributed by atoms with Crippen LogP contribution in [0.2, 0.25) is 0 Å². The molecule has 2 nitrogen and oxygen atoms in total. The number of aliphatic carboxylic acids is 1. The first-order chi connectivity index (χ1) is 7.75. The Kier molecular flexibility index (Phi) is 2.57. The molecule has 1 aliphatic rings. The second-order valence-corrected chi connectivity index (χ2v) is 6.34. The van der Waals surface area contributed by atoms with Gasteiger partial charge >= 0.3 is 5.97 Å². The van der Waals surface area contributed by atoms with E-state index in [0.717, 1.165) is 12.0 Å². The average Bonchev–Trinajstić information content (AvgIpc) is 2.92. The van der Waals surface area contributed by atoms with Gasteiger partial charge in [-0.05, 0) is 23.0 Å². The molecule has 1 N–H and O–H groups in total. The van der Waals surface area contributed by atoms with Gasteiger partial charge in [-0.2, -0.15) is 0 Å². The molecule has 1 saturated carbocycles. The molecule has 92 valence electrons. The van der Waals surface area contributed by atoms with Crippen molar-refractivity contribution < 1.29 is 9.90 Å². The zero-order valence-electron chi connectivity index (χ0n) is 10.9. The topological polar surface area (TPSA) is 37.3 Å². The van der Waals surface area contributed by atoms with Crippen LogP contribution in [-0.4, -0.2) is 11.1 Å². The average molecular weight is 232 g/mol. The van der Waals surface area contributed by atoms with Crippen LogP contribution in [0, 0.1) is 5.92 Å². The summed E-state index contributed by atoms with van der Waals surface area (Å²) in [5.74, 6) is -0.879. The van der Waals surface area contributed by atoms with Gasteiger partial charge < -0.3 is 5.11 Å². The SMILES string of the molecule is CC(C)(C)c1ccc(C2(C)CC2C(=O)O)cc1. The Labute approximate surface area is 103 Å². The molecule has 0 heterocycles. The van der Waals surface area contributed by atoms with Crippen LogP contribution >= 0.6 is 0 Å². The summed E-state index contributed by atoms with van der Waals surface area (Å²) < 4.78 is 0. The van der Waals surface area contributed by atoms with E-state index >= 15 is 0 Å². The zero-order valence-corrected chi connectivity index (χ0v) is 10.9. The van der Waals surface area contributed by atoms with E-state index in [-0.39, 0.29) is 16.7 Å². The van der Waals surface area contributed by atoms with E-state index in [2.05, 4.69) is 45.0 Å². The van der Waals surface area contributed by atoms with E-state index in [1.165, 1.54) is 5.56 Å². The molecule has 1 aromatic rings. The molecule has 0 aromatic heterocycles. The highest BCUT2D eigenvalue weighted by atomic mass is 16.4. The highest BCUT2D eigenvalue weighted by molar-refractivity contribution is 5.77. The van der Waals surface area contributed by atoms with Crippen molar-refractivity contribution >= 4 is 5.97 Å². The molecule has 0 spiro atoms. The van der Waals surface area contributed by atoms with Gasteiger partial charge in [-0.3, -0.25) is 4.79 Å². The Balaban J connectivity index is 2.23. The van der Waals surface area contributed by atoms with Crippen molar-refractivity contribution in [3.63, 3.8) is 0 Å². The number of carbonyl (C=O) groups is 1. The number of carboxylic acid groups (broad SMARTS) is 1. The molecule has 0 radical (unpaired) electrons. The van der Waals surface area contributed by atoms with Crippen LogP contribution in [0.1, 0.15) is 45.2 Å². The third-order valence-corrected chi connectivity index (χ3v) is 3.95. The summed E-state index contributed by atoms with van der Waals surface area (Å²) in [6.45, 7) is 8.58. The molecule has 0 saturated heterocycles. The molecule has 1 fully saturated rings. The van der Waals surface area contributed by atoms with Gasteiger partial charge in [-0.15, -0.1) is 0 Å². The van der Waals surface area contributed by atoms with E-state index in [1.54, 1.807) is 0 Å². The predicted octanol–water partition coefficient (Wildman–Crippen LogP) is 3.35. The monoisotopic (exact) mass is 232 g/mol. The summed E-state index contributed by atoms with van der Waals surface area (Å²) in [6.07, 6.45) is 0.761. The largest absolute Gasteiger partial charge is 0.481 e. The Morgan fingerprint density at radius 2 is 1.82 bits per heavy atom. The fourth-order valence-corrected chi connectivity index (χ4v) is 2.39. The minimum absolute atomic E-state index is 0.148. The smallest absolute Gasteiger partial charge is 0.307 e. The van der Waals surface area contributed by atoms with Crippen LogP contribution in [0.3, 0.4) is 0 Å². The zero-order chi connectivity index (χ0) is 12.8. The van der Waals surface area contributed by atoms with Crippen LogP contribution in [0.5, 0.6) is 0 Å². The van der Waals surface area contributed by atoms with E-state index in [9.17, 15) is 4.79 Å². The normalized spacial score (nSPS) is 27.9. The molecule has 17 heavy (non-hydrogen) atoms. The highest BCUT2D eigenvalue weighted by Gasteiger charge is 2.55. The number of hydrogen-bond acceptors (Lipinski definition) is 1. The van der Waals surface area contributed by atoms with Crippen LogP contribution in [0.25, 0.3) is 0 Å². The summed E-state index contributed by atoms with van der Waals surface area (Å²) >= 11 is 0. The van der Waals surface area contributed by atoms with Gasteiger partial charge in [0, 0.05) is 5.41 Å². The minimum Gasteiger partial charge on any atom is -0.481 e. The Morgan fingerprint density at radius 3 is 2.18 bits per heavy atom. The Hall–Kier alpha value is -1.31. The van der Waals surface area contributed by atoms with E-state index in [0.29, 0.717) is 0 Å². The molecular formula is C15H20O2. The van der Waals surface area contributed by atoms with Gasteiger partial charge in [0.25, 0.3) is 0 Å². The predicted molar refractivity (Wildman–Crippen MR) is 68.2 cm³/mol. The van der Waals surface area contributed by atoms with Crippen LogP contribution in [0.4, 0.5) is 0 Å². The summed E-state index contributed by atoms with van der Waals surface area (Å²) in [5, 5.41) is 9.03. The first-order valence-electron chi connectivity index (χ1n) is 6.09. The maximum Gasteiger partial charge on any atom is 0.307 e. The fraction of sp³-hybridized carbons (Fsp3) is 0.533. The number of benzene rings is 1. The van der Waals surface area contributed by atoms with Crippen LogP contribution in [-0.2, 0) is 15.6 Å². The van der Waals surface area contributed by atoms with Gasteiger partial charge in [0.1, 0.15) is 0 Å². The standard InChI is InChI=1S/C15H20O2/c1-14(2,3)10-5-7-11(8-6-10)15(4)9-12(15)13(16)17/h5-8,12H,9H2,1-4H3,(H,16,17). The number of carboxylic acids is 1. The maximum absolute atomic E-state index is 11.0. The van der Waals surface area contributed by atoms with Crippen molar-refractivity contribution in [2.24, 2.45) is 5.92 Å². The highest BCUT2D eigenvalue weighted by Crippen LogP contribution is 2.54.